The van der Waals surface area contributed by atoms with Gasteiger partial charge in [-0.25, -0.2) is 0 Å². The lowest BCUT2D eigenvalue weighted by Gasteiger charge is -2.30. The van der Waals surface area contributed by atoms with E-state index in [-0.39, 0.29) is 11.8 Å². The predicted octanol–water partition coefficient (Wildman–Crippen LogP) is 2.88. The Morgan fingerprint density at radius 3 is 2.72 bits per heavy atom. The van der Waals surface area contributed by atoms with Gasteiger partial charge in [0.25, 0.3) is 11.8 Å². The van der Waals surface area contributed by atoms with Crippen molar-refractivity contribution < 1.29 is 9.59 Å². The van der Waals surface area contributed by atoms with E-state index < -0.39 is 0 Å². The maximum Gasteiger partial charge on any atom is 0.255 e. The molecule has 1 aliphatic heterocycles. The summed E-state index contributed by atoms with van der Waals surface area (Å²) in [5.41, 5.74) is 1.91. The van der Waals surface area contributed by atoms with Gasteiger partial charge < -0.3 is 10.2 Å². The third-order valence-electron chi connectivity index (χ3n) is 4.49. The molecular weight excluding hydrogens is 314 g/mol. The molecule has 3 rings (SSSR count). The van der Waals surface area contributed by atoms with E-state index in [1.54, 1.807) is 6.07 Å². The van der Waals surface area contributed by atoms with Gasteiger partial charge in [-0.15, -0.1) is 0 Å². The third-order valence-corrected chi connectivity index (χ3v) is 4.49. The van der Waals surface area contributed by atoms with E-state index in [0.717, 1.165) is 31.5 Å². The summed E-state index contributed by atoms with van der Waals surface area (Å²) in [6.45, 7) is 4.14. The van der Waals surface area contributed by atoms with Crippen molar-refractivity contribution in [3.8, 4) is 0 Å². The number of aromatic nitrogens is 1. The van der Waals surface area contributed by atoms with Crippen LogP contribution in [0, 0.1) is 5.92 Å². The summed E-state index contributed by atoms with van der Waals surface area (Å²) in [6.07, 6.45) is 5.22. The van der Waals surface area contributed by atoms with E-state index in [0.29, 0.717) is 23.6 Å². The third kappa shape index (κ3) is 4.44. The Hall–Kier alpha value is -2.69. The number of nitrogens with one attached hydrogen (secondary N) is 1. The zero-order valence-corrected chi connectivity index (χ0v) is 14.4. The second kappa shape index (κ2) is 7.92. The molecule has 2 amide bonds. The molecule has 1 atom stereocenters. The highest BCUT2D eigenvalue weighted by molar-refractivity contribution is 5.99. The van der Waals surface area contributed by atoms with E-state index in [1.807, 2.05) is 35.2 Å². The standard InChI is InChI=1S/C20H23N3O2/c1-15-6-5-9-23(14-15)20(25)18-10-17(12-21-13-18)19(24)22-11-16-7-3-2-4-8-16/h2-4,7-8,10,12-13,15H,5-6,9,11,14H2,1H3,(H,22,24). The Morgan fingerprint density at radius 1 is 1.20 bits per heavy atom. The molecule has 1 aliphatic rings. The highest BCUT2D eigenvalue weighted by Gasteiger charge is 2.22. The molecule has 1 fully saturated rings. The van der Waals surface area contributed by atoms with Crippen LogP contribution in [0.4, 0.5) is 0 Å². The van der Waals surface area contributed by atoms with Gasteiger partial charge in [-0.1, -0.05) is 37.3 Å². The molecule has 0 spiro atoms. The van der Waals surface area contributed by atoms with Gasteiger partial charge in [0.15, 0.2) is 0 Å². The molecule has 2 aromatic rings. The van der Waals surface area contributed by atoms with Crippen LogP contribution in [0.1, 0.15) is 46.0 Å². The van der Waals surface area contributed by atoms with Crippen LogP contribution >= 0.6 is 0 Å². The largest absolute Gasteiger partial charge is 0.348 e. The van der Waals surface area contributed by atoms with Crippen LogP contribution < -0.4 is 5.32 Å². The predicted molar refractivity (Wildman–Crippen MR) is 96.2 cm³/mol. The molecule has 1 unspecified atom stereocenters. The maximum atomic E-state index is 12.7. The first kappa shape index (κ1) is 17.1. The fourth-order valence-electron chi connectivity index (χ4n) is 3.12. The first-order valence-corrected chi connectivity index (χ1v) is 8.70. The molecule has 0 saturated carbocycles. The topological polar surface area (TPSA) is 62.3 Å². The molecule has 1 aromatic heterocycles. The van der Waals surface area contributed by atoms with Crippen LogP contribution in [0.25, 0.3) is 0 Å². The van der Waals surface area contributed by atoms with Crippen molar-refractivity contribution in [2.24, 2.45) is 5.92 Å². The van der Waals surface area contributed by atoms with Gasteiger partial charge in [0.1, 0.15) is 0 Å². The summed E-state index contributed by atoms with van der Waals surface area (Å²) in [6, 6.07) is 11.3. The minimum Gasteiger partial charge on any atom is -0.348 e. The smallest absolute Gasteiger partial charge is 0.255 e. The number of pyridine rings is 1. The number of likely N-dealkylation sites (tertiary alicyclic amines) is 1. The SMILES string of the molecule is CC1CCCN(C(=O)c2cncc(C(=O)NCc3ccccc3)c2)C1. The number of rotatable bonds is 4. The molecule has 1 saturated heterocycles. The molecule has 1 aromatic carbocycles. The van der Waals surface area contributed by atoms with Gasteiger partial charge >= 0.3 is 0 Å². The molecule has 2 heterocycles. The van der Waals surface area contributed by atoms with Crippen LogP contribution in [-0.2, 0) is 6.54 Å². The van der Waals surface area contributed by atoms with Gasteiger partial charge in [-0.3, -0.25) is 14.6 Å². The van der Waals surface area contributed by atoms with Crippen LogP contribution in [0.5, 0.6) is 0 Å². The Labute approximate surface area is 148 Å². The van der Waals surface area contributed by atoms with Crippen molar-refractivity contribution in [2.45, 2.75) is 26.3 Å². The number of hydrogen-bond donors (Lipinski definition) is 1. The van der Waals surface area contributed by atoms with Crippen molar-refractivity contribution in [1.29, 1.82) is 0 Å². The molecule has 25 heavy (non-hydrogen) atoms. The number of nitrogens with zero attached hydrogens (tertiary/aromatic N) is 2. The number of benzene rings is 1. The van der Waals surface area contributed by atoms with E-state index in [4.69, 9.17) is 0 Å². The molecule has 0 aliphatic carbocycles. The molecular formula is C20H23N3O2. The highest BCUT2D eigenvalue weighted by atomic mass is 16.2. The van der Waals surface area contributed by atoms with Gasteiger partial charge in [-0.05, 0) is 30.4 Å². The lowest BCUT2D eigenvalue weighted by Crippen LogP contribution is -2.39. The molecule has 130 valence electrons. The Morgan fingerprint density at radius 2 is 1.96 bits per heavy atom. The average molecular weight is 337 g/mol. The second-order valence-electron chi connectivity index (χ2n) is 6.63. The van der Waals surface area contributed by atoms with Crippen LogP contribution in [0.15, 0.2) is 48.8 Å². The summed E-state index contributed by atoms with van der Waals surface area (Å²) in [7, 11) is 0. The van der Waals surface area contributed by atoms with Crippen LogP contribution in [-0.4, -0.2) is 34.8 Å². The van der Waals surface area contributed by atoms with E-state index in [1.165, 1.54) is 12.4 Å². The van der Waals surface area contributed by atoms with Crippen LogP contribution in [0.3, 0.4) is 0 Å². The number of amides is 2. The summed E-state index contributed by atoms with van der Waals surface area (Å²) < 4.78 is 0. The maximum absolute atomic E-state index is 12.7. The van der Waals surface area contributed by atoms with Crippen molar-refractivity contribution in [3.63, 3.8) is 0 Å². The molecule has 1 N–H and O–H groups in total. The zero-order chi connectivity index (χ0) is 17.6. The van der Waals surface area contributed by atoms with Crippen molar-refractivity contribution >= 4 is 11.8 Å². The highest BCUT2D eigenvalue weighted by Crippen LogP contribution is 2.18. The molecule has 5 nitrogen and oxygen atoms in total. The summed E-state index contributed by atoms with van der Waals surface area (Å²) in [5.74, 6) is 0.248. The van der Waals surface area contributed by atoms with Gasteiger partial charge in [-0.2, -0.15) is 0 Å². The molecule has 5 heteroatoms. The fourth-order valence-corrected chi connectivity index (χ4v) is 3.12. The van der Waals surface area contributed by atoms with Gasteiger partial charge in [0.05, 0.1) is 11.1 Å². The average Bonchev–Trinajstić information content (AvgIpc) is 2.66. The lowest BCUT2D eigenvalue weighted by molar-refractivity contribution is 0.0682. The fraction of sp³-hybridized carbons (Fsp3) is 0.350. The minimum atomic E-state index is -0.224. The number of piperidine rings is 1. The Balaban J connectivity index is 1.66. The van der Waals surface area contributed by atoms with Gasteiger partial charge in [0.2, 0.25) is 0 Å². The van der Waals surface area contributed by atoms with Crippen molar-refractivity contribution in [3.05, 3.63) is 65.5 Å². The first-order valence-electron chi connectivity index (χ1n) is 8.70. The first-order chi connectivity index (χ1) is 12.1. The summed E-state index contributed by atoms with van der Waals surface area (Å²) >= 11 is 0. The summed E-state index contributed by atoms with van der Waals surface area (Å²) in [4.78, 5) is 30.9. The van der Waals surface area contributed by atoms with Gasteiger partial charge in [0, 0.05) is 32.0 Å². The second-order valence-corrected chi connectivity index (χ2v) is 6.63. The van der Waals surface area contributed by atoms with E-state index >= 15 is 0 Å². The lowest BCUT2D eigenvalue weighted by atomic mass is 9.99. The number of carbonyl (C=O) groups is 2. The van der Waals surface area contributed by atoms with E-state index in [2.05, 4.69) is 17.2 Å². The summed E-state index contributed by atoms with van der Waals surface area (Å²) in [5, 5.41) is 2.86. The Bertz CT molecular complexity index is 746. The monoisotopic (exact) mass is 337 g/mol. The molecule has 0 bridgehead atoms. The Kier molecular flexibility index (Phi) is 5.43. The van der Waals surface area contributed by atoms with Crippen molar-refractivity contribution in [1.82, 2.24) is 15.2 Å². The minimum absolute atomic E-state index is 0.0447. The number of hydrogen-bond acceptors (Lipinski definition) is 3. The molecule has 0 radical (unpaired) electrons. The van der Waals surface area contributed by atoms with Crippen molar-refractivity contribution in [2.75, 3.05) is 13.1 Å². The number of carbonyl (C=O) groups excluding carboxylic acids is 2. The van der Waals surface area contributed by atoms with E-state index in [9.17, 15) is 9.59 Å². The quantitative estimate of drug-likeness (QED) is 0.933. The van der Waals surface area contributed by atoms with Crippen LogP contribution in [0.2, 0.25) is 0 Å². The zero-order valence-electron chi connectivity index (χ0n) is 14.4. The normalized spacial score (nSPS) is 17.2.